The van der Waals surface area contributed by atoms with Gasteiger partial charge in [-0.05, 0) is 79.7 Å². The number of anilines is 1. The summed E-state index contributed by atoms with van der Waals surface area (Å²) in [5.74, 6) is -0.993. The number of rotatable bonds is 7. The number of hydrogen-bond donors (Lipinski definition) is 3. The van der Waals surface area contributed by atoms with Crippen LogP contribution in [0, 0.1) is 6.92 Å². The van der Waals surface area contributed by atoms with Gasteiger partial charge in [-0.2, -0.15) is 0 Å². The molecule has 11 nitrogen and oxygen atoms in total. The average molecular weight is 623 g/mol. The van der Waals surface area contributed by atoms with Gasteiger partial charge in [-0.3, -0.25) is 29.5 Å². The third-order valence-corrected chi connectivity index (χ3v) is 9.66. The molecule has 0 bridgehead atoms. The summed E-state index contributed by atoms with van der Waals surface area (Å²) in [5.41, 5.74) is 4.83. The third kappa shape index (κ3) is 6.76. The fraction of sp³-hybridized carbons (Fsp3) is 0.500. The first-order valence-corrected chi connectivity index (χ1v) is 15.8. The molecule has 1 unspecified atom stereocenters. The number of ether oxygens (including phenoxy) is 1. The van der Waals surface area contributed by atoms with Gasteiger partial charge in [-0.15, -0.1) is 0 Å². The molecule has 0 radical (unpaired) electrons. The van der Waals surface area contributed by atoms with Gasteiger partial charge in [0.05, 0.1) is 13.2 Å². The number of urea groups is 1. The first-order valence-electron chi connectivity index (χ1n) is 15.4. The molecule has 1 atom stereocenters. The summed E-state index contributed by atoms with van der Waals surface area (Å²) in [4.78, 5) is 56.3. The van der Waals surface area contributed by atoms with Crippen LogP contribution in [0.1, 0.15) is 58.3 Å². The van der Waals surface area contributed by atoms with E-state index >= 15 is 0 Å². The van der Waals surface area contributed by atoms with E-state index in [9.17, 15) is 19.2 Å². The highest BCUT2D eigenvalue weighted by atomic mass is 35.5. The number of halogens is 1. The Bertz CT molecular complexity index is 1450. The van der Waals surface area contributed by atoms with Gasteiger partial charge >= 0.3 is 6.03 Å². The molecule has 0 spiro atoms. The van der Waals surface area contributed by atoms with Crippen LogP contribution >= 0.6 is 11.6 Å². The summed E-state index contributed by atoms with van der Waals surface area (Å²) >= 11 is 6.58. The van der Waals surface area contributed by atoms with Gasteiger partial charge in [-0.25, -0.2) is 4.79 Å². The highest BCUT2D eigenvalue weighted by molar-refractivity contribution is 6.31. The van der Waals surface area contributed by atoms with E-state index in [4.69, 9.17) is 16.3 Å². The van der Waals surface area contributed by atoms with Crippen molar-refractivity contribution in [2.75, 3.05) is 44.7 Å². The number of imide groups is 1. The fourth-order valence-electron chi connectivity index (χ4n) is 6.67. The molecule has 4 aliphatic heterocycles. The van der Waals surface area contributed by atoms with Crippen LogP contribution in [0.3, 0.4) is 0 Å². The van der Waals surface area contributed by atoms with Crippen molar-refractivity contribution in [3.8, 4) is 0 Å². The molecule has 3 saturated heterocycles. The lowest BCUT2D eigenvalue weighted by Crippen LogP contribution is -2.52. The van der Waals surface area contributed by atoms with Crippen LogP contribution in [0.4, 0.5) is 10.5 Å². The third-order valence-electron chi connectivity index (χ3n) is 9.27. The number of hydrogen-bond acceptors (Lipinski definition) is 7. The topological polar surface area (TPSA) is 123 Å². The average Bonchev–Trinajstić information content (AvgIpc) is 3.34. The van der Waals surface area contributed by atoms with Gasteiger partial charge in [0.2, 0.25) is 11.8 Å². The first kappa shape index (κ1) is 30.5. The summed E-state index contributed by atoms with van der Waals surface area (Å²) in [7, 11) is 0. The summed E-state index contributed by atoms with van der Waals surface area (Å²) in [6.07, 6.45) is 2.80. The Morgan fingerprint density at radius 2 is 1.82 bits per heavy atom. The van der Waals surface area contributed by atoms with E-state index in [0.717, 1.165) is 81.0 Å². The molecule has 5 amide bonds. The number of carbonyl (C=O) groups is 4. The van der Waals surface area contributed by atoms with Crippen molar-refractivity contribution >= 4 is 41.0 Å². The number of nitrogens with zero attached hydrogens (tertiary/aromatic N) is 3. The van der Waals surface area contributed by atoms with Crippen molar-refractivity contribution in [1.29, 1.82) is 0 Å². The summed E-state index contributed by atoms with van der Waals surface area (Å²) in [5, 5.41) is 8.70. The molecular weight excluding hydrogens is 584 g/mol. The quantitative estimate of drug-likeness (QED) is 0.406. The predicted octanol–water partition coefficient (Wildman–Crippen LogP) is 3.03. The minimum atomic E-state index is -0.659. The number of piperidine rings is 2. The van der Waals surface area contributed by atoms with Crippen molar-refractivity contribution in [2.24, 2.45) is 0 Å². The van der Waals surface area contributed by atoms with E-state index in [2.05, 4.69) is 25.8 Å². The number of amides is 5. The van der Waals surface area contributed by atoms with Crippen molar-refractivity contribution in [3.63, 3.8) is 0 Å². The number of morpholine rings is 1. The normalized spacial score (nSPS) is 21.7. The SMILES string of the molecule is Cc1c(Cl)cc(NC(=O)NCc2ccc3c(c2)C(=O)N(C2CCC(=O)NC2=O)C3)cc1CN1CCC(N2CCOCC2)CC1. The Morgan fingerprint density at radius 3 is 2.57 bits per heavy atom. The molecule has 2 aromatic rings. The Hall–Kier alpha value is -3.51. The van der Waals surface area contributed by atoms with Crippen molar-refractivity contribution in [3.05, 3.63) is 63.2 Å². The Balaban J connectivity index is 1.02. The molecule has 0 saturated carbocycles. The van der Waals surface area contributed by atoms with Crippen LogP contribution in [0.15, 0.2) is 30.3 Å². The highest BCUT2D eigenvalue weighted by Crippen LogP contribution is 2.29. The molecule has 234 valence electrons. The van der Waals surface area contributed by atoms with Gasteiger partial charge in [0.1, 0.15) is 6.04 Å². The maximum atomic E-state index is 13.1. The summed E-state index contributed by atoms with van der Waals surface area (Å²) in [6, 6.07) is 8.81. The second kappa shape index (κ2) is 13.2. The maximum Gasteiger partial charge on any atom is 0.319 e. The molecule has 3 fully saturated rings. The molecule has 12 heteroatoms. The number of carbonyl (C=O) groups excluding carboxylic acids is 4. The van der Waals surface area contributed by atoms with Crippen LogP contribution < -0.4 is 16.0 Å². The molecule has 44 heavy (non-hydrogen) atoms. The second-order valence-corrected chi connectivity index (χ2v) is 12.5. The lowest BCUT2D eigenvalue weighted by atomic mass is 10.0. The largest absolute Gasteiger partial charge is 0.379 e. The van der Waals surface area contributed by atoms with E-state index in [1.165, 1.54) is 4.90 Å². The standard InChI is InChI=1S/C32H39ClN6O5/c1-20-23(18-37-8-6-25(7-9-37)38-10-12-44-13-11-38)15-24(16-27(20)33)35-32(43)34-17-21-2-3-22-19-39(31(42)26(22)14-21)28-4-5-29(40)36-30(28)41/h2-3,14-16,25,28H,4-13,17-19H2,1H3,(H2,34,35,43)(H,36,40,41). The van der Waals surface area contributed by atoms with E-state index in [0.29, 0.717) is 35.3 Å². The monoisotopic (exact) mass is 622 g/mol. The molecule has 6 rings (SSSR count). The molecule has 2 aromatic carbocycles. The lowest BCUT2D eigenvalue weighted by molar-refractivity contribution is -0.136. The number of benzene rings is 2. The van der Waals surface area contributed by atoms with Crippen LogP contribution in [-0.4, -0.2) is 89.9 Å². The minimum absolute atomic E-state index is 0.211. The van der Waals surface area contributed by atoms with Crippen LogP contribution in [0.25, 0.3) is 0 Å². The molecule has 0 aromatic heterocycles. The zero-order chi connectivity index (χ0) is 30.8. The van der Waals surface area contributed by atoms with Crippen LogP contribution in [0.2, 0.25) is 5.02 Å². The highest BCUT2D eigenvalue weighted by Gasteiger charge is 2.39. The van der Waals surface area contributed by atoms with E-state index in [1.807, 2.05) is 25.1 Å². The van der Waals surface area contributed by atoms with E-state index in [-0.39, 0.29) is 30.8 Å². The molecular formula is C32H39ClN6O5. The number of nitrogens with one attached hydrogen (secondary N) is 3. The van der Waals surface area contributed by atoms with Gasteiger partial charge in [-0.1, -0.05) is 23.7 Å². The minimum Gasteiger partial charge on any atom is -0.379 e. The summed E-state index contributed by atoms with van der Waals surface area (Å²) in [6.45, 7) is 9.04. The summed E-state index contributed by atoms with van der Waals surface area (Å²) < 4.78 is 5.51. The molecule has 4 heterocycles. The van der Waals surface area contributed by atoms with E-state index in [1.54, 1.807) is 12.1 Å². The lowest BCUT2D eigenvalue weighted by Gasteiger charge is -2.40. The fourth-order valence-corrected chi connectivity index (χ4v) is 6.91. The zero-order valence-corrected chi connectivity index (χ0v) is 25.8. The van der Waals surface area contributed by atoms with Gasteiger partial charge in [0, 0.05) is 61.5 Å². The van der Waals surface area contributed by atoms with Crippen molar-refractivity contribution < 1.29 is 23.9 Å². The zero-order valence-electron chi connectivity index (χ0n) is 25.0. The predicted molar refractivity (Wildman–Crippen MR) is 165 cm³/mol. The van der Waals surface area contributed by atoms with Gasteiger partial charge in [0.15, 0.2) is 0 Å². The second-order valence-electron chi connectivity index (χ2n) is 12.1. The first-order chi connectivity index (χ1) is 21.2. The molecule has 0 aliphatic carbocycles. The van der Waals surface area contributed by atoms with Gasteiger partial charge in [0.25, 0.3) is 5.91 Å². The van der Waals surface area contributed by atoms with Crippen molar-refractivity contribution in [1.82, 2.24) is 25.3 Å². The molecule has 4 aliphatic rings. The number of fused-ring (bicyclic) bond motifs is 1. The van der Waals surface area contributed by atoms with Crippen molar-refractivity contribution in [2.45, 2.75) is 64.3 Å². The molecule has 3 N–H and O–H groups in total. The number of likely N-dealkylation sites (tertiary alicyclic amines) is 1. The Morgan fingerprint density at radius 1 is 1.05 bits per heavy atom. The van der Waals surface area contributed by atoms with E-state index < -0.39 is 11.9 Å². The maximum absolute atomic E-state index is 13.1. The van der Waals surface area contributed by atoms with Crippen LogP contribution in [0.5, 0.6) is 0 Å². The van der Waals surface area contributed by atoms with Crippen LogP contribution in [-0.2, 0) is 34.0 Å². The Labute approximate surface area is 262 Å². The Kier molecular flexibility index (Phi) is 9.18. The van der Waals surface area contributed by atoms with Gasteiger partial charge < -0.3 is 20.3 Å². The smallest absolute Gasteiger partial charge is 0.319 e.